The van der Waals surface area contributed by atoms with Crippen LogP contribution in [0.4, 0.5) is 0 Å². The fraction of sp³-hybridized carbons (Fsp3) is 0.438. The van der Waals surface area contributed by atoms with Crippen molar-refractivity contribution >= 4 is 16.8 Å². The third kappa shape index (κ3) is 6.12. The molecule has 0 aliphatic heterocycles. The first kappa shape index (κ1) is 26.1. The van der Waals surface area contributed by atoms with Gasteiger partial charge < -0.3 is 9.72 Å². The molecule has 2 unspecified atom stereocenters. The van der Waals surface area contributed by atoms with Gasteiger partial charge in [0.15, 0.2) is 5.82 Å². The van der Waals surface area contributed by atoms with Gasteiger partial charge >= 0.3 is 0 Å². The van der Waals surface area contributed by atoms with Crippen LogP contribution in [0.2, 0.25) is 0 Å². The average molecular weight is 511 g/mol. The molecule has 6 heteroatoms. The van der Waals surface area contributed by atoms with Crippen LogP contribution >= 0.6 is 0 Å². The van der Waals surface area contributed by atoms with Crippen LogP contribution in [0.5, 0.6) is 11.6 Å². The van der Waals surface area contributed by atoms with Gasteiger partial charge in [-0.3, -0.25) is 4.79 Å². The molecule has 198 valence electrons. The minimum absolute atomic E-state index is 0.147. The third-order valence-corrected chi connectivity index (χ3v) is 8.25. The van der Waals surface area contributed by atoms with E-state index in [9.17, 15) is 4.79 Å². The number of para-hydroxylation sites is 2. The van der Waals surface area contributed by atoms with Crippen LogP contribution in [-0.2, 0) is 0 Å². The van der Waals surface area contributed by atoms with Gasteiger partial charge in [0.05, 0.1) is 11.0 Å². The van der Waals surface area contributed by atoms with E-state index in [-0.39, 0.29) is 5.78 Å². The Hall–Kier alpha value is -3.54. The number of nitrogens with one attached hydrogen (secondary N) is 1. The van der Waals surface area contributed by atoms with Crippen molar-refractivity contribution < 1.29 is 9.53 Å². The molecule has 2 heterocycles. The number of carbonyl (C=O) groups excluding carboxylic acids is 1. The van der Waals surface area contributed by atoms with Crippen LogP contribution in [0.15, 0.2) is 61.1 Å². The summed E-state index contributed by atoms with van der Waals surface area (Å²) in [5.41, 5.74) is 3.58. The highest BCUT2D eigenvalue weighted by Gasteiger charge is 2.29. The molecule has 5 rings (SSSR count). The van der Waals surface area contributed by atoms with E-state index in [1.54, 1.807) is 18.5 Å². The van der Waals surface area contributed by atoms with E-state index in [1.165, 1.54) is 51.4 Å². The largest absolute Gasteiger partial charge is 0.439 e. The Morgan fingerprint density at radius 3 is 2.58 bits per heavy atom. The summed E-state index contributed by atoms with van der Waals surface area (Å²) in [6.07, 6.45) is 16.0. The number of carbonyl (C=O) groups is 1. The highest BCUT2D eigenvalue weighted by molar-refractivity contribution is 6.08. The molecule has 4 aromatic rings. The number of hydrogen-bond acceptors (Lipinski definition) is 5. The first-order valence-electron chi connectivity index (χ1n) is 14.1. The highest BCUT2D eigenvalue weighted by atomic mass is 16.5. The molecule has 1 saturated carbocycles. The van der Waals surface area contributed by atoms with Gasteiger partial charge in [0.2, 0.25) is 11.7 Å². The number of imidazole rings is 1. The molecule has 0 amide bonds. The van der Waals surface area contributed by atoms with Gasteiger partial charge in [-0.2, -0.15) is 0 Å². The summed E-state index contributed by atoms with van der Waals surface area (Å²) in [5.74, 6) is 1.83. The molecule has 2 aromatic heterocycles. The molecule has 1 aliphatic carbocycles. The van der Waals surface area contributed by atoms with Crippen molar-refractivity contribution in [3.63, 3.8) is 0 Å². The topological polar surface area (TPSA) is 80.8 Å². The zero-order chi connectivity index (χ0) is 26.4. The van der Waals surface area contributed by atoms with Crippen LogP contribution in [0, 0.1) is 5.41 Å². The Labute approximate surface area is 225 Å². The molecule has 0 radical (unpaired) electrons. The zero-order valence-electron chi connectivity index (χ0n) is 22.6. The Morgan fingerprint density at radius 2 is 1.79 bits per heavy atom. The van der Waals surface area contributed by atoms with Crippen molar-refractivity contribution in [3.8, 4) is 11.6 Å². The van der Waals surface area contributed by atoms with Crippen LogP contribution < -0.4 is 4.74 Å². The number of nitrogens with zero attached hydrogens (tertiary/aromatic N) is 3. The van der Waals surface area contributed by atoms with E-state index in [0.29, 0.717) is 34.4 Å². The van der Waals surface area contributed by atoms with Crippen LogP contribution in [-0.4, -0.2) is 25.7 Å². The maximum Gasteiger partial charge on any atom is 0.228 e. The molecule has 1 fully saturated rings. The summed E-state index contributed by atoms with van der Waals surface area (Å²) < 4.78 is 6.32. The number of fused-ring (bicyclic) bond motifs is 1. The second-order valence-corrected chi connectivity index (χ2v) is 11.1. The molecular weight excluding hydrogens is 472 g/mol. The van der Waals surface area contributed by atoms with Gasteiger partial charge in [-0.05, 0) is 67.0 Å². The number of H-pyrrole nitrogens is 1. The lowest BCUT2D eigenvalue weighted by molar-refractivity contribution is 0.103. The lowest BCUT2D eigenvalue weighted by atomic mass is 9.73. The minimum Gasteiger partial charge on any atom is -0.439 e. The van der Waals surface area contributed by atoms with Crippen molar-refractivity contribution in [2.75, 3.05) is 0 Å². The molecule has 2 aromatic carbocycles. The van der Waals surface area contributed by atoms with Crippen LogP contribution in [0.1, 0.15) is 106 Å². The molecule has 0 saturated heterocycles. The van der Waals surface area contributed by atoms with Gasteiger partial charge in [-0.15, -0.1) is 0 Å². The molecular formula is C32H38N4O2. The lowest BCUT2D eigenvalue weighted by Crippen LogP contribution is -2.20. The van der Waals surface area contributed by atoms with E-state index in [0.717, 1.165) is 29.4 Å². The Morgan fingerprint density at radius 1 is 1.03 bits per heavy atom. The normalized spacial score (nSPS) is 21.1. The summed E-state index contributed by atoms with van der Waals surface area (Å²) in [6, 6.07) is 14.9. The number of hydrogen-bond donors (Lipinski definition) is 1. The van der Waals surface area contributed by atoms with Gasteiger partial charge in [0.1, 0.15) is 12.1 Å². The lowest BCUT2D eigenvalue weighted by Gasteiger charge is -2.33. The van der Waals surface area contributed by atoms with Gasteiger partial charge in [0, 0.05) is 17.3 Å². The number of benzene rings is 2. The van der Waals surface area contributed by atoms with E-state index in [1.807, 2.05) is 42.6 Å². The molecule has 2 atom stereocenters. The number of aromatic amines is 1. The monoisotopic (exact) mass is 510 g/mol. The van der Waals surface area contributed by atoms with Crippen molar-refractivity contribution in [2.45, 2.75) is 84.0 Å². The van der Waals surface area contributed by atoms with E-state index >= 15 is 0 Å². The molecule has 1 aliphatic rings. The second kappa shape index (κ2) is 11.9. The third-order valence-electron chi connectivity index (χ3n) is 8.25. The molecule has 1 N–H and O–H groups in total. The van der Waals surface area contributed by atoms with Gasteiger partial charge in [-0.25, -0.2) is 15.0 Å². The smallest absolute Gasteiger partial charge is 0.228 e. The Balaban J connectivity index is 1.35. The van der Waals surface area contributed by atoms with E-state index in [4.69, 9.17) is 4.74 Å². The molecule has 0 bridgehead atoms. The summed E-state index contributed by atoms with van der Waals surface area (Å²) in [7, 11) is 0. The van der Waals surface area contributed by atoms with Crippen molar-refractivity contribution in [1.29, 1.82) is 0 Å². The second-order valence-electron chi connectivity index (χ2n) is 11.1. The van der Waals surface area contributed by atoms with Crippen molar-refractivity contribution in [1.82, 2.24) is 19.9 Å². The van der Waals surface area contributed by atoms with Crippen molar-refractivity contribution in [3.05, 3.63) is 78.0 Å². The predicted octanol–water partition coefficient (Wildman–Crippen LogP) is 8.40. The Bertz CT molecular complexity index is 1330. The fourth-order valence-electron chi connectivity index (χ4n) is 5.71. The van der Waals surface area contributed by atoms with E-state index < -0.39 is 0 Å². The fourth-order valence-corrected chi connectivity index (χ4v) is 5.71. The average Bonchev–Trinajstić information content (AvgIpc) is 3.37. The molecule has 38 heavy (non-hydrogen) atoms. The van der Waals surface area contributed by atoms with Crippen LogP contribution in [0.25, 0.3) is 11.0 Å². The predicted molar refractivity (Wildman–Crippen MR) is 151 cm³/mol. The first-order chi connectivity index (χ1) is 18.5. The quantitative estimate of drug-likeness (QED) is 0.263. The molecule has 0 spiro atoms. The zero-order valence-corrected chi connectivity index (χ0v) is 22.6. The minimum atomic E-state index is -0.147. The summed E-state index contributed by atoms with van der Waals surface area (Å²) in [4.78, 5) is 29.5. The molecule has 6 nitrogen and oxygen atoms in total. The number of aromatic nitrogens is 4. The number of rotatable bonds is 6. The van der Waals surface area contributed by atoms with E-state index in [2.05, 4.69) is 33.8 Å². The summed E-state index contributed by atoms with van der Waals surface area (Å²) >= 11 is 0. The maximum absolute atomic E-state index is 13.0. The van der Waals surface area contributed by atoms with Gasteiger partial charge in [-0.1, -0.05) is 70.9 Å². The number of ketones is 1. The maximum atomic E-state index is 13.0. The summed E-state index contributed by atoms with van der Waals surface area (Å²) in [6.45, 7) is 4.77. The Kier molecular flexibility index (Phi) is 8.16. The number of ether oxygens (including phenoxy) is 1. The standard InChI is InChI=1S/C32H38N4O2/c1-3-32(2)19-11-7-5-4-6-8-12-24(20-32)26-21-33-22-34-31(26)38-25-17-15-23(16-18-25)29(37)30-35-27-13-9-10-14-28(27)36-30/h9-10,13-18,21-22,24H,3-8,11-12,19-20H2,1-2H3,(H,35,36). The summed E-state index contributed by atoms with van der Waals surface area (Å²) in [5, 5.41) is 0. The van der Waals surface area contributed by atoms with Crippen LogP contribution in [0.3, 0.4) is 0 Å². The highest BCUT2D eigenvalue weighted by Crippen LogP contribution is 2.43. The first-order valence-corrected chi connectivity index (χ1v) is 14.1. The van der Waals surface area contributed by atoms with Crippen molar-refractivity contribution in [2.24, 2.45) is 5.41 Å². The van der Waals surface area contributed by atoms with Gasteiger partial charge in [0.25, 0.3) is 0 Å². The SMILES string of the molecule is CCC1(C)CCCCCCCCC(c2cncnc2Oc2ccc(C(=O)c3nc4ccccc4[nH]3)cc2)C1.